The zero-order valence-corrected chi connectivity index (χ0v) is 18.3. The van der Waals surface area contributed by atoms with E-state index in [1.807, 2.05) is 0 Å². The van der Waals surface area contributed by atoms with Crippen molar-refractivity contribution in [2.45, 2.75) is 25.2 Å². The number of hydrogen-bond donors (Lipinski definition) is 0. The molecule has 0 amide bonds. The van der Waals surface area contributed by atoms with Crippen LogP contribution in [-0.4, -0.2) is 57.2 Å². The van der Waals surface area contributed by atoms with E-state index in [1.54, 1.807) is 7.11 Å². The van der Waals surface area contributed by atoms with Crippen LogP contribution < -0.4 is 4.74 Å². The van der Waals surface area contributed by atoms with Crippen LogP contribution in [0.3, 0.4) is 0 Å². The summed E-state index contributed by atoms with van der Waals surface area (Å²) < 4.78 is 6.65. The van der Waals surface area contributed by atoms with Gasteiger partial charge in [-0.15, -0.1) is 0 Å². The van der Waals surface area contributed by atoms with Gasteiger partial charge in [0.2, 0.25) is 0 Å². The van der Waals surface area contributed by atoms with E-state index in [4.69, 9.17) is 4.74 Å². The molecule has 0 bridgehead atoms. The molecule has 0 N–H and O–H groups in total. The van der Waals surface area contributed by atoms with E-state index in [9.17, 15) is 0 Å². The molecule has 0 radical (unpaired) electrons. The van der Waals surface area contributed by atoms with Crippen molar-refractivity contribution < 1.29 is 4.74 Å². The minimum Gasteiger partial charge on any atom is -0.496 e. The average molecular weight is 431 g/mol. The first-order chi connectivity index (χ1) is 13.1. The summed E-state index contributed by atoms with van der Waals surface area (Å²) in [7, 11) is 6.05. The predicted octanol–water partition coefficient (Wildman–Crippen LogP) is 4.79. The van der Waals surface area contributed by atoms with E-state index in [2.05, 4.69) is 82.3 Å². The van der Waals surface area contributed by atoms with Gasteiger partial charge in [0.15, 0.2) is 0 Å². The number of methoxy groups -OCH3 is 1. The van der Waals surface area contributed by atoms with Crippen molar-refractivity contribution in [3.05, 3.63) is 63.6 Å². The fraction of sp³-hybridized carbons (Fsp3) is 0.478. The monoisotopic (exact) mass is 430 g/mol. The molecular weight excluding hydrogens is 400 g/mol. The molecule has 0 saturated carbocycles. The minimum atomic E-state index is 0.388. The van der Waals surface area contributed by atoms with E-state index in [0.29, 0.717) is 5.92 Å². The molecule has 2 aromatic rings. The largest absolute Gasteiger partial charge is 0.496 e. The third-order valence-corrected chi connectivity index (χ3v) is 6.08. The normalized spacial score (nSPS) is 17.6. The molecule has 1 heterocycles. The summed E-state index contributed by atoms with van der Waals surface area (Å²) in [5, 5.41) is 0. The van der Waals surface area contributed by atoms with Crippen LogP contribution in [0.5, 0.6) is 5.75 Å². The molecule has 1 unspecified atom stereocenters. The molecule has 0 aromatic heterocycles. The number of ether oxygens (including phenoxy) is 1. The molecule has 1 aliphatic heterocycles. The lowest BCUT2D eigenvalue weighted by molar-refractivity contribution is 0.264. The second-order valence-electron chi connectivity index (χ2n) is 7.71. The Balaban J connectivity index is 1.84. The van der Waals surface area contributed by atoms with Gasteiger partial charge in [-0.2, -0.15) is 0 Å². The van der Waals surface area contributed by atoms with Gasteiger partial charge in [0.25, 0.3) is 0 Å². The molecule has 27 heavy (non-hydrogen) atoms. The lowest BCUT2D eigenvalue weighted by atomic mass is 9.88. The molecule has 2 aromatic carbocycles. The van der Waals surface area contributed by atoms with Crippen LogP contribution in [0.2, 0.25) is 0 Å². The number of unbranched alkanes of at least 4 members (excludes halogenated alkanes) is 1. The first-order valence-corrected chi connectivity index (χ1v) is 10.7. The first kappa shape index (κ1) is 20.4. The second kappa shape index (κ2) is 9.72. The fourth-order valence-corrected chi connectivity index (χ4v) is 4.52. The number of benzene rings is 2. The summed E-state index contributed by atoms with van der Waals surface area (Å²) >= 11 is 3.67. The molecule has 0 saturated heterocycles. The Hall–Kier alpha value is -1.36. The van der Waals surface area contributed by atoms with Gasteiger partial charge in [0.05, 0.1) is 11.6 Å². The number of nitrogens with zero attached hydrogens (tertiary/aromatic N) is 2. The topological polar surface area (TPSA) is 15.7 Å². The highest BCUT2D eigenvalue weighted by molar-refractivity contribution is 9.10. The smallest absolute Gasteiger partial charge is 0.133 e. The van der Waals surface area contributed by atoms with Crippen molar-refractivity contribution in [1.29, 1.82) is 0 Å². The quantitative estimate of drug-likeness (QED) is 0.587. The van der Waals surface area contributed by atoms with Crippen LogP contribution in [0.1, 0.15) is 35.4 Å². The molecule has 0 fully saturated rings. The molecular formula is C23H31BrN2O. The number of rotatable bonds is 7. The Kier molecular flexibility index (Phi) is 7.33. The molecule has 146 valence electrons. The van der Waals surface area contributed by atoms with Gasteiger partial charge in [0, 0.05) is 19.0 Å². The minimum absolute atomic E-state index is 0.388. The summed E-state index contributed by atoms with van der Waals surface area (Å²) in [6.07, 6.45) is 3.60. The van der Waals surface area contributed by atoms with E-state index < -0.39 is 0 Å². The van der Waals surface area contributed by atoms with Gasteiger partial charge in [-0.3, -0.25) is 0 Å². The number of fused-ring (bicyclic) bond motifs is 1. The first-order valence-electron chi connectivity index (χ1n) is 9.87. The van der Waals surface area contributed by atoms with Gasteiger partial charge in [0.1, 0.15) is 5.75 Å². The van der Waals surface area contributed by atoms with Crippen molar-refractivity contribution >= 4 is 15.9 Å². The lowest BCUT2D eigenvalue weighted by Gasteiger charge is -2.26. The van der Waals surface area contributed by atoms with Gasteiger partial charge < -0.3 is 14.5 Å². The molecule has 0 aliphatic carbocycles. The van der Waals surface area contributed by atoms with E-state index >= 15 is 0 Å². The Morgan fingerprint density at radius 3 is 2.63 bits per heavy atom. The van der Waals surface area contributed by atoms with Crippen LogP contribution in [0.25, 0.3) is 0 Å². The van der Waals surface area contributed by atoms with Crippen LogP contribution in [0.15, 0.2) is 46.9 Å². The van der Waals surface area contributed by atoms with E-state index in [0.717, 1.165) is 29.7 Å². The summed E-state index contributed by atoms with van der Waals surface area (Å²) in [5.41, 5.74) is 4.24. The number of halogens is 1. The third kappa shape index (κ3) is 5.34. The Bertz CT molecular complexity index is 733. The van der Waals surface area contributed by atoms with E-state index in [1.165, 1.54) is 42.6 Å². The third-order valence-electron chi connectivity index (χ3n) is 5.46. The maximum absolute atomic E-state index is 5.60. The zero-order chi connectivity index (χ0) is 19.2. The van der Waals surface area contributed by atoms with Crippen LogP contribution in [0, 0.1) is 0 Å². The predicted molar refractivity (Wildman–Crippen MR) is 117 cm³/mol. The SMILES string of the molecule is COc1cc2c(cc1Br)CCN(CCCCN(C)C)CC2c1ccccc1. The van der Waals surface area contributed by atoms with Crippen molar-refractivity contribution in [3.8, 4) is 5.75 Å². The Labute approximate surface area is 172 Å². The highest BCUT2D eigenvalue weighted by Gasteiger charge is 2.25. The maximum Gasteiger partial charge on any atom is 0.133 e. The van der Waals surface area contributed by atoms with Crippen LogP contribution >= 0.6 is 15.9 Å². The average Bonchev–Trinajstić information content (AvgIpc) is 2.84. The Morgan fingerprint density at radius 2 is 1.93 bits per heavy atom. The van der Waals surface area contributed by atoms with Crippen molar-refractivity contribution in [2.24, 2.45) is 0 Å². The zero-order valence-electron chi connectivity index (χ0n) is 16.7. The Morgan fingerprint density at radius 1 is 1.15 bits per heavy atom. The summed E-state index contributed by atoms with van der Waals surface area (Å²) in [4.78, 5) is 4.92. The van der Waals surface area contributed by atoms with Gasteiger partial charge in [-0.1, -0.05) is 30.3 Å². The summed E-state index contributed by atoms with van der Waals surface area (Å²) in [6, 6.07) is 15.4. The van der Waals surface area contributed by atoms with Gasteiger partial charge >= 0.3 is 0 Å². The molecule has 0 spiro atoms. The van der Waals surface area contributed by atoms with Gasteiger partial charge in [-0.05, 0) is 91.2 Å². The summed E-state index contributed by atoms with van der Waals surface area (Å²) in [5.74, 6) is 1.31. The number of hydrogen-bond acceptors (Lipinski definition) is 3. The van der Waals surface area contributed by atoms with Crippen LogP contribution in [0.4, 0.5) is 0 Å². The van der Waals surface area contributed by atoms with E-state index in [-0.39, 0.29) is 0 Å². The fourth-order valence-electron chi connectivity index (χ4n) is 3.97. The van der Waals surface area contributed by atoms with Crippen molar-refractivity contribution in [2.75, 3.05) is 47.4 Å². The molecule has 3 rings (SSSR count). The molecule has 4 heteroatoms. The van der Waals surface area contributed by atoms with Crippen molar-refractivity contribution in [1.82, 2.24) is 9.80 Å². The maximum atomic E-state index is 5.60. The van der Waals surface area contributed by atoms with Crippen molar-refractivity contribution in [3.63, 3.8) is 0 Å². The molecule has 3 nitrogen and oxygen atoms in total. The molecule has 1 aliphatic rings. The van der Waals surface area contributed by atoms with Crippen LogP contribution in [-0.2, 0) is 6.42 Å². The standard InChI is InChI=1S/C23H31BrN2O/c1-25(2)12-7-8-13-26-14-11-19-15-22(24)23(27-3)16-20(19)21(17-26)18-9-5-4-6-10-18/h4-6,9-10,15-16,21H,7-8,11-14,17H2,1-3H3. The molecule has 1 atom stereocenters. The highest BCUT2D eigenvalue weighted by Crippen LogP contribution is 2.37. The van der Waals surface area contributed by atoms with Gasteiger partial charge in [-0.25, -0.2) is 0 Å². The second-order valence-corrected chi connectivity index (χ2v) is 8.56. The summed E-state index contributed by atoms with van der Waals surface area (Å²) in [6.45, 7) is 4.53. The highest BCUT2D eigenvalue weighted by atomic mass is 79.9. The lowest BCUT2D eigenvalue weighted by Crippen LogP contribution is -2.30.